The van der Waals surface area contributed by atoms with Gasteiger partial charge in [0, 0.05) is 30.0 Å². The molecule has 0 aromatic carbocycles. The van der Waals surface area contributed by atoms with Crippen molar-refractivity contribution in [2.45, 2.75) is 44.3 Å². The highest BCUT2D eigenvalue weighted by molar-refractivity contribution is 8.00. The van der Waals surface area contributed by atoms with Gasteiger partial charge < -0.3 is 10.0 Å². The number of carboxylic acid groups (broad SMARTS) is 1. The molecule has 0 atom stereocenters. The number of hydrogen-bond acceptors (Lipinski definition) is 3. The monoisotopic (exact) mass is 271 g/mol. The highest BCUT2D eigenvalue weighted by Crippen LogP contribution is 2.45. The van der Waals surface area contributed by atoms with Crippen LogP contribution in [0.25, 0.3) is 0 Å². The van der Waals surface area contributed by atoms with Crippen LogP contribution in [0.3, 0.4) is 0 Å². The van der Waals surface area contributed by atoms with E-state index in [0.29, 0.717) is 12.8 Å². The third-order valence-corrected chi connectivity index (χ3v) is 5.33. The van der Waals surface area contributed by atoms with Gasteiger partial charge in [-0.1, -0.05) is 6.42 Å². The van der Waals surface area contributed by atoms with Crippen molar-refractivity contribution in [1.82, 2.24) is 4.90 Å². The molecular weight excluding hydrogens is 250 g/mol. The maximum absolute atomic E-state index is 12.3. The Morgan fingerprint density at radius 2 is 2.00 bits per heavy atom. The molecule has 5 heteroatoms. The van der Waals surface area contributed by atoms with Gasteiger partial charge in [0.05, 0.1) is 5.41 Å². The van der Waals surface area contributed by atoms with Crippen molar-refractivity contribution in [2.24, 2.45) is 5.41 Å². The van der Waals surface area contributed by atoms with Crippen molar-refractivity contribution >= 4 is 23.6 Å². The maximum atomic E-state index is 12.3. The number of aliphatic carboxylic acids is 1. The molecule has 1 N–H and O–H groups in total. The first-order chi connectivity index (χ1) is 8.35. The fourth-order valence-electron chi connectivity index (χ4n) is 2.70. The number of thioether (sulfide) groups is 1. The molecular formula is C13H21NO3S. The zero-order valence-electron chi connectivity index (χ0n) is 11.1. The average Bonchev–Trinajstić information content (AvgIpc) is 2.21. The number of hydrogen-bond donors (Lipinski definition) is 1. The Hall–Kier alpha value is -0.710. The molecule has 1 saturated carbocycles. The zero-order valence-corrected chi connectivity index (χ0v) is 11.9. The van der Waals surface area contributed by atoms with Crippen LogP contribution < -0.4 is 0 Å². The van der Waals surface area contributed by atoms with Gasteiger partial charge >= 0.3 is 5.97 Å². The summed E-state index contributed by atoms with van der Waals surface area (Å²) in [6.07, 6.45) is 2.42. The van der Waals surface area contributed by atoms with E-state index in [4.69, 9.17) is 0 Å². The van der Waals surface area contributed by atoms with Crippen LogP contribution in [0.2, 0.25) is 0 Å². The first-order valence-corrected chi connectivity index (χ1v) is 7.48. The van der Waals surface area contributed by atoms with Crippen molar-refractivity contribution in [1.29, 1.82) is 0 Å². The van der Waals surface area contributed by atoms with Crippen molar-refractivity contribution in [3.63, 3.8) is 0 Å². The largest absolute Gasteiger partial charge is 0.481 e. The van der Waals surface area contributed by atoms with Crippen LogP contribution in [0.15, 0.2) is 0 Å². The van der Waals surface area contributed by atoms with Crippen molar-refractivity contribution in [3.05, 3.63) is 0 Å². The van der Waals surface area contributed by atoms with E-state index in [2.05, 4.69) is 13.8 Å². The lowest BCUT2D eigenvalue weighted by atomic mass is 9.66. The Morgan fingerprint density at radius 1 is 1.33 bits per heavy atom. The number of nitrogens with zero attached hydrogens (tertiary/aromatic N) is 1. The second-order valence-corrected chi connectivity index (χ2v) is 7.84. The van der Waals surface area contributed by atoms with Crippen molar-refractivity contribution < 1.29 is 14.7 Å². The third-order valence-electron chi connectivity index (χ3n) is 4.03. The van der Waals surface area contributed by atoms with Gasteiger partial charge in [-0.15, -0.1) is 0 Å². The fraction of sp³-hybridized carbons (Fsp3) is 0.846. The molecule has 2 rings (SSSR count). The number of carbonyl (C=O) groups is 2. The van der Waals surface area contributed by atoms with E-state index in [1.54, 1.807) is 0 Å². The summed E-state index contributed by atoms with van der Waals surface area (Å²) in [4.78, 5) is 25.4. The topological polar surface area (TPSA) is 57.6 Å². The molecule has 1 amide bonds. The van der Waals surface area contributed by atoms with Crippen LogP contribution in [0.4, 0.5) is 0 Å². The summed E-state index contributed by atoms with van der Waals surface area (Å²) in [7, 11) is 0. The predicted octanol–water partition coefficient (Wildman–Crippen LogP) is 1.99. The predicted molar refractivity (Wildman–Crippen MR) is 71.7 cm³/mol. The molecule has 0 radical (unpaired) electrons. The summed E-state index contributed by atoms with van der Waals surface area (Å²) in [5.74, 6) is 0.164. The number of rotatable bonds is 3. The van der Waals surface area contributed by atoms with Gasteiger partial charge in [0.1, 0.15) is 0 Å². The van der Waals surface area contributed by atoms with Crippen LogP contribution >= 0.6 is 11.8 Å². The van der Waals surface area contributed by atoms with Crippen molar-refractivity contribution in [3.8, 4) is 0 Å². The molecule has 2 aliphatic rings. The number of carboxylic acids is 1. The molecule has 1 aliphatic carbocycles. The molecule has 18 heavy (non-hydrogen) atoms. The number of carbonyl (C=O) groups excluding carboxylic acids is 1. The quantitative estimate of drug-likeness (QED) is 0.853. The first kappa shape index (κ1) is 13.7. The molecule has 0 unspecified atom stereocenters. The summed E-state index contributed by atoms with van der Waals surface area (Å²) in [5, 5.41) is 9.26. The molecule has 0 aromatic rings. The maximum Gasteiger partial charge on any atom is 0.310 e. The Morgan fingerprint density at radius 3 is 2.44 bits per heavy atom. The summed E-state index contributed by atoms with van der Waals surface area (Å²) >= 11 is 1.88. The Labute approximate surface area is 112 Å². The first-order valence-electron chi connectivity index (χ1n) is 6.50. The van der Waals surface area contributed by atoms with Gasteiger partial charge in [-0.3, -0.25) is 9.59 Å². The number of amides is 1. The molecule has 1 heterocycles. The van der Waals surface area contributed by atoms with Crippen LogP contribution in [0, 0.1) is 5.41 Å². The lowest BCUT2D eigenvalue weighted by Crippen LogP contribution is -2.49. The molecule has 2 fully saturated rings. The van der Waals surface area contributed by atoms with Gasteiger partial charge in [0.2, 0.25) is 5.91 Å². The van der Waals surface area contributed by atoms with E-state index in [9.17, 15) is 14.7 Å². The summed E-state index contributed by atoms with van der Waals surface area (Å²) in [6.45, 7) is 5.75. The smallest absolute Gasteiger partial charge is 0.310 e. The van der Waals surface area contributed by atoms with Gasteiger partial charge in [-0.25, -0.2) is 0 Å². The Kier molecular flexibility index (Phi) is 3.63. The highest BCUT2D eigenvalue weighted by Gasteiger charge is 2.47. The molecule has 1 aliphatic heterocycles. The standard InChI is InChI=1S/C13H21NO3S/c1-12(2)9-14(6-7-18-12)10(15)8-13(11(16)17)4-3-5-13/h3-9H2,1-2H3,(H,16,17). The van der Waals surface area contributed by atoms with E-state index in [-0.39, 0.29) is 17.1 Å². The minimum Gasteiger partial charge on any atom is -0.481 e. The van der Waals surface area contributed by atoms with Gasteiger partial charge in [-0.2, -0.15) is 11.8 Å². The SMILES string of the molecule is CC1(C)CN(C(=O)CC2(C(=O)O)CCC2)CCS1. The molecule has 102 valence electrons. The second kappa shape index (κ2) is 4.76. The normalized spacial score (nSPS) is 25.3. The van der Waals surface area contributed by atoms with E-state index < -0.39 is 11.4 Å². The molecule has 1 saturated heterocycles. The fourth-order valence-corrected chi connectivity index (χ4v) is 3.81. The van der Waals surface area contributed by atoms with Gasteiger partial charge in [-0.05, 0) is 26.7 Å². The van der Waals surface area contributed by atoms with E-state index >= 15 is 0 Å². The van der Waals surface area contributed by atoms with E-state index in [0.717, 1.165) is 25.3 Å². The van der Waals surface area contributed by atoms with Gasteiger partial charge in [0.15, 0.2) is 0 Å². The van der Waals surface area contributed by atoms with E-state index in [1.807, 2.05) is 16.7 Å². The van der Waals surface area contributed by atoms with Crippen molar-refractivity contribution in [2.75, 3.05) is 18.8 Å². The molecule has 0 spiro atoms. The molecule has 0 aromatic heterocycles. The Balaban J connectivity index is 1.97. The second-order valence-electron chi connectivity index (χ2n) is 6.04. The average molecular weight is 271 g/mol. The van der Waals surface area contributed by atoms with Crippen LogP contribution in [-0.4, -0.2) is 45.5 Å². The summed E-state index contributed by atoms with van der Waals surface area (Å²) in [5.41, 5.74) is -0.758. The van der Waals surface area contributed by atoms with E-state index in [1.165, 1.54) is 0 Å². The van der Waals surface area contributed by atoms with Crippen LogP contribution in [-0.2, 0) is 9.59 Å². The third kappa shape index (κ3) is 2.66. The minimum atomic E-state index is -0.798. The lowest BCUT2D eigenvalue weighted by molar-refractivity contribution is -0.159. The summed E-state index contributed by atoms with van der Waals surface area (Å²) < 4.78 is 0.0872. The van der Waals surface area contributed by atoms with Crippen LogP contribution in [0.5, 0.6) is 0 Å². The Bertz CT molecular complexity index is 363. The summed E-state index contributed by atoms with van der Waals surface area (Å²) in [6, 6.07) is 0. The van der Waals surface area contributed by atoms with Gasteiger partial charge in [0.25, 0.3) is 0 Å². The molecule has 4 nitrogen and oxygen atoms in total. The molecule has 0 bridgehead atoms. The lowest BCUT2D eigenvalue weighted by Gasteiger charge is -2.41. The highest BCUT2D eigenvalue weighted by atomic mass is 32.2. The minimum absolute atomic E-state index is 0.0190. The van der Waals surface area contributed by atoms with Crippen LogP contribution in [0.1, 0.15) is 39.5 Å². The zero-order chi connectivity index (χ0) is 13.4.